The molecule has 6 nitrogen and oxygen atoms in total. The Bertz CT molecular complexity index is 721. The second kappa shape index (κ2) is 8.07. The highest BCUT2D eigenvalue weighted by Gasteiger charge is 2.20. The van der Waals surface area contributed by atoms with Gasteiger partial charge in [-0.15, -0.1) is 0 Å². The van der Waals surface area contributed by atoms with Crippen molar-refractivity contribution in [2.24, 2.45) is 0 Å². The summed E-state index contributed by atoms with van der Waals surface area (Å²) in [6.45, 7) is 1.95. The Balaban J connectivity index is 0.000000224. The number of nitrogens with one attached hydrogen (secondary N) is 1. The fraction of sp³-hybridized carbons (Fsp3) is 0.176. The van der Waals surface area contributed by atoms with Gasteiger partial charge in [0, 0.05) is 37.1 Å². The topological polar surface area (TPSA) is 91.6 Å². The van der Waals surface area contributed by atoms with E-state index < -0.39 is 11.9 Å². The second-order valence-electron chi connectivity index (χ2n) is 5.07. The lowest BCUT2D eigenvalue weighted by atomic mass is 10.0. The summed E-state index contributed by atoms with van der Waals surface area (Å²) >= 11 is 0. The minimum Gasteiger partial charge on any atom is -0.478 e. The van der Waals surface area contributed by atoms with Gasteiger partial charge in [-0.05, 0) is 29.8 Å². The largest absolute Gasteiger partial charge is 0.478 e. The van der Waals surface area contributed by atoms with Crippen LogP contribution in [-0.4, -0.2) is 33.3 Å². The number of hydrogen-bond acceptors (Lipinski definition) is 3. The van der Waals surface area contributed by atoms with Crippen molar-refractivity contribution < 1.29 is 24.2 Å². The van der Waals surface area contributed by atoms with E-state index in [2.05, 4.69) is 28.2 Å². The van der Waals surface area contributed by atoms with E-state index in [-0.39, 0.29) is 11.9 Å². The maximum absolute atomic E-state index is 12.9. The SMILES string of the molecule is Fc1ccc(C2NCCn3cccc32)cc1.O=C(O)C=CC(=O)O. The molecule has 126 valence electrons. The summed E-state index contributed by atoms with van der Waals surface area (Å²) in [5.41, 5.74) is 2.36. The van der Waals surface area contributed by atoms with Crippen LogP contribution in [0.4, 0.5) is 4.39 Å². The maximum Gasteiger partial charge on any atom is 0.328 e. The van der Waals surface area contributed by atoms with Gasteiger partial charge >= 0.3 is 11.9 Å². The summed E-state index contributed by atoms with van der Waals surface area (Å²) in [6, 6.07) is 11.1. The summed E-state index contributed by atoms with van der Waals surface area (Å²) in [7, 11) is 0. The average Bonchev–Trinajstić information content (AvgIpc) is 3.03. The van der Waals surface area contributed by atoms with Crippen LogP contribution in [-0.2, 0) is 16.1 Å². The standard InChI is InChI=1S/C13H13FN2.C4H4O4/c14-11-5-3-10(4-6-11)13-12-2-1-8-16(12)9-7-15-13;5-3(6)1-2-4(7)8/h1-6,8,13,15H,7,9H2;1-2H,(H,5,6)(H,7,8). The highest BCUT2D eigenvalue weighted by Crippen LogP contribution is 2.25. The molecular formula is C17H17FN2O4. The lowest BCUT2D eigenvalue weighted by molar-refractivity contribution is -0.134. The van der Waals surface area contributed by atoms with E-state index in [1.807, 2.05) is 12.1 Å². The fourth-order valence-electron chi connectivity index (χ4n) is 2.41. The van der Waals surface area contributed by atoms with Gasteiger partial charge in [-0.2, -0.15) is 0 Å². The van der Waals surface area contributed by atoms with Gasteiger partial charge in [0.25, 0.3) is 0 Å². The van der Waals surface area contributed by atoms with Crippen molar-refractivity contribution in [1.29, 1.82) is 0 Å². The van der Waals surface area contributed by atoms with Crippen molar-refractivity contribution in [1.82, 2.24) is 9.88 Å². The lowest BCUT2D eigenvalue weighted by Crippen LogP contribution is -2.33. The fourth-order valence-corrected chi connectivity index (χ4v) is 2.41. The third-order valence-electron chi connectivity index (χ3n) is 3.43. The molecule has 7 heteroatoms. The number of carboxylic acids is 2. The zero-order valence-electron chi connectivity index (χ0n) is 12.7. The molecule has 2 heterocycles. The first-order valence-corrected chi connectivity index (χ1v) is 7.25. The number of halogens is 1. The second-order valence-corrected chi connectivity index (χ2v) is 5.07. The molecule has 0 saturated carbocycles. The van der Waals surface area contributed by atoms with Crippen LogP contribution in [0.25, 0.3) is 0 Å². The van der Waals surface area contributed by atoms with Crippen molar-refractivity contribution in [3.05, 3.63) is 71.8 Å². The molecule has 1 aliphatic heterocycles. The molecule has 1 aliphatic rings. The Kier molecular flexibility index (Phi) is 5.86. The quantitative estimate of drug-likeness (QED) is 0.748. The smallest absolute Gasteiger partial charge is 0.328 e. The molecule has 0 amide bonds. The van der Waals surface area contributed by atoms with Gasteiger partial charge in [0.15, 0.2) is 0 Å². The monoisotopic (exact) mass is 332 g/mol. The molecule has 3 rings (SSSR count). The van der Waals surface area contributed by atoms with E-state index in [0.717, 1.165) is 18.7 Å². The van der Waals surface area contributed by atoms with Gasteiger partial charge in [-0.25, -0.2) is 14.0 Å². The molecule has 0 spiro atoms. The average molecular weight is 332 g/mol. The lowest BCUT2D eigenvalue weighted by Gasteiger charge is -2.26. The summed E-state index contributed by atoms with van der Waals surface area (Å²) in [5, 5.41) is 19.1. The number of fused-ring (bicyclic) bond motifs is 1. The minimum absolute atomic E-state index is 0.185. The van der Waals surface area contributed by atoms with Gasteiger partial charge in [0.2, 0.25) is 0 Å². The third-order valence-corrected chi connectivity index (χ3v) is 3.43. The molecule has 2 aromatic rings. The van der Waals surface area contributed by atoms with Gasteiger partial charge in [-0.3, -0.25) is 0 Å². The molecule has 1 aromatic heterocycles. The number of aliphatic carboxylic acids is 2. The van der Waals surface area contributed by atoms with E-state index in [1.54, 1.807) is 0 Å². The normalized spacial score (nSPS) is 16.1. The third kappa shape index (κ3) is 4.79. The first-order valence-electron chi connectivity index (χ1n) is 7.25. The van der Waals surface area contributed by atoms with Gasteiger partial charge in [0.1, 0.15) is 5.82 Å². The molecule has 1 aromatic carbocycles. The summed E-state index contributed by atoms with van der Waals surface area (Å²) < 4.78 is 15.1. The van der Waals surface area contributed by atoms with Gasteiger partial charge in [-0.1, -0.05) is 12.1 Å². The zero-order chi connectivity index (χ0) is 17.5. The number of carbonyl (C=O) groups is 2. The number of rotatable bonds is 3. The van der Waals surface area contributed by atoms with E-state index >= 15 is 0 Å². The summed E-state index contributed by atoms with van der Waals surface area (Å²) in [4.78, 5) is 19.1. The first kappa shape index (κ1) is 17.4. The molecule has 0 bridgehead atoms. The van der Waals surface area contributed by atoms with Crippen LogP contribution in [0.3, 0.4) is 0 Å². The van der Waals surface area contributed by atoms with Crippen LogP contribution in [0, 0.1) is 5.82 Å². The number of hydrogen-bond donors (Lipinski definition) is 3. The molecule has 0 saturated heterocycles. The first-order chi connectivity index (χ1) is 11.5. The highest BCUT2D eigenvalue weighted by molar-refractivity contribution is 5.89. The molecule has 0 aliphatic carbocycles. The minimum atomic E-state index is -1.26. The van der Waals surface area contributed by atoms with Crippen LogP contribution in [0.2, 0.25) is 0 Å². The molecule has 24 heavy (non-hydrogen) atoms. The number of nitrogens with zero attached hydrogens (tertiary/aromatic N) is 1. The van der Waals surface area contributed by atoms with Crippen LogP contribution >= 0.6 is 0 Å². The predicted octanol–water partition coefficient (Wildman–Crippen LogP) is 2.03. The van der Waals surface area contributed by atoms with Crippen molar-refractivity contribution in [2.75, 3.05) is 6.54 Å². The van der Waals surface area contributed by atoms with Crippen LogP contribution < -0.4 is 5.32 Å². The summed E-state index contributed by atoms with van der Waals surface area (Å²) in [6.07, 6.45) is 3.21. The number of aromatic nitrogens is 1. The van der Waals surface area contributed by atoms with Crippen molar-refractivity contribution in [3.63, 3.8) is 0 Å². The Morgan fingerprint density at radius 2 is 1.75 bits per heavy atom. The van der Waals surface area contributed by atoms with Crippen LogP contribution in [0.1, 0.15) is 17.3 Å². The Morgan fingerprint density at radius 3 is 2.33 bits per heavy atom. The van der Waals surface area contributed by atoms with Crippen LogP contribution in [0.15, 0.2) is 54.7 Å². The van der Waals surface area contributed by atoms with Crippen molar-refractivity contribution in [3.8, 4) is 0 Å². The summed E-state index contributed by atoms with van der Waals surface area (Å²) in [5.74, 6) is -2.70. The number of benzene rings is 1. The van der Waals surface area contributed by atoms with Gasteiger partial charge in [0.05, 0.1) is 6.04 Å². The Morgan fingerprint density at radius 1 is 1.12 bits per heavy atom. The molecular weight excluding hydrogens is 315 g/mol. The van der Waals surface area contributed by atoms with Gasteiger partial charge < -0.3 is 20.1 Å². The van der Waals surface area contributed by atoms with Crippen molar-refractivity contribution >= 4 is 11.9 Å². The Hall–Kier alpha value is -2.93. The van der Waals surface area contributed by atoms with E-state index in [4.69, 9.17) is 10.2 Å². The zero-order valence-corrected chi connectivity index (χ0v) is 12.7. The molecule has 0 fully saturated rings. The molecule has 1 unspecified atom stereocenters. The van der Waals surface area contributed by atoms with E-state index in [9.17, 15) is 14.0 Å². The van der Waals surface area contributed by atoms with Crippen molar-refractivity contribution in [2.45, 2.75) is 12.6 Å². The molecule has 3 N–H and O–H groups in total. The van der Waals surface area contributed by atoms with E-state index in [1.165, 1.54) is 17.8 Å². The molecule has 1 atom stereocenters. The predicted molar refractivity (Wildman–Crippen MR) is 85.1 cm³/mol. The highest BCUT2D eigenvalue weighted by atomic mass is 19.1. The Labute approximate surface area is 137 Å². The van der Waals surface area contributed by atoms with E-state index in [0.29, 0.717) is 12.2 Å². The maximum atomic E-state index is 12.9. The number of carboxylic acid groups (broad SMARTS) is 2. The molecule has 0 radical (unpaired) electrons. The van der Waals surface area contributed by atoms with Crippen LogP contribution in [0.5, 0.6) is 0 Å².